The van der Waals surface area contributed by atoms with Gasteiger partial charge in [-0.2, -0.15) is 0 Å². The minimum atomic E-state index is -3.92. The summed E-state index contributed by atoms with van der Waals surface area (Å²) >= 11 is 0. The lowest BCUT2D eigenvalue weighted by Gasteiger charge is -2.32. The smallest absolute Gasteiger partial charge is 0.405 e. The van der Waals surface area contributed by atoms with Gasteiger partial charge < -0.3 is 34.9 Å². The Morgan fingerprint density at radius 2 is 1.94 bits per heavy atom. The van der Waals surface area contributed by atoms with Gasteiger partial charge in [0.25, 0.3) is 5.91 Å². The van der Waals surface area contributed by atoms with Crippen molar-refractivity contribution in [2.75, 3.05) is 20.3 Å². The molecule has 0 spiro atoms. The molecule has 6 rings (SSSR count). The molecule has 4 amide bonds. The number of aromatic nitrogens is 1. The second kappa shape index (κ2) is 13.5. The number of carboxylic acid groups (broad SMARTS) is 1. The van der Waals surface area contributed by atoms with Gasteiger partial charge in [0.15, 0.2) is 0 Å². The fraction of sp³-hybridized carbons (Fsp3) is 0.545. The molecule has 1 aromatic carbocycles. The third-order valence-electron chi connectivity index (χ3n) is 9.69. The molecule has 0 radical (unpaired) electrons. The van der Waals surface area contributed by atoms with Gasteiger partial charge in [-0.05, 0) is 68.2 Å². The maximum atomic E-state index is 14.2. The molecule has 49 heavy (non-hydrogen) atoms. The number of rotatable bonds is 7. The van der Waals surface area contributed by atoms with Crippen LogP contribution in [0, 0.1) is 11.8 Å². The summed E-state index contributed by atoms with van der Waals surface area (Å²) in [6.45, 7) is 3.61. The average Bonchev–Trinajstić information content (AvgIpc) is 3.98. The van der Waals surface area contributed by atoms with Gasteiger partial charge >= 0.3 is 6.09 Å². The summed E-state index contributed by atoms with van der Waals surface area (Å²) in [7, 11) is -2.36. The molecule has 15 nitrogen and oxygen atoms in total. The zero-order valence-electron chi connectivity index (χ0n) is 27.5. The lowest BCUT2D eigenvalue weighted by molar-refractivity contribution is -0.142. The van der Waals surface area contributed by atoms with Gasteiger partial charge in [0, 0.05) is 23.9 Å². The highest BCUT2D eigenvalue weighted by Crippen LogP contribution is 2.46. The number of methoxy groups -OCH3 is 1. The van der Waals surface area contributed by atoms with Crippen LogP contribution in [-0.4, -0.2) is 103 Å². The molecule has 2 aliphatic carbocycles. The monoisotopic (exact) mass is 699 g/mol. The van der Waals surface area contributed by atoms with E-state index in [1.54, 1.807) is 50.6 Å². The number of amides is 4. The summed E-state index contributed by atoms with van der Waals surface area (Å²) in [6.07, 6.45) is 3.85. The van der Waals surface area contributed by atoms with Gasteiger partial charge in [0.1, 0.15) is 29.5 Å². The number of sulfonamides is 1. The number of carbonyl (C=O) groups excluding carboxylic acids is 3. The number of hydrogen-bond donors (Lipinski definition) is 4. The van der Waals surface area contributed by atoms with Gasteiger partial charge in [0.2, 0.25) is 27.7 Å². The molecule has 7 atom stereocenters. The van der Waals surface area contributed by atoms with Gasteiger partial charge in [-0.15, -0.1) is 0 Å². The maximum absolute atomic E-state index is 14.2. The van der Waals surface area contributed by atoms with Crippen LogP contribution in [0.4, 0.5) is 4.79 Å². The van der Waals surface area contributed by atoms with E-state index in [-0.39, 0.29) is 38.0 Å². The SMILES string of the molecule is COc1ccc2c(O[C@@H]3C[C@H]4C(=O)NC5(C(=O)NS(=O)(=O)C6CC6)C[C@H]5/C=C\CO[C@@H](C)C[C@@H](C)[C@H](NC(=O)O)C(=O)N4C3)nccc2c1. The van der Waals surface area contributed by atoms with Crippen LogP contribution in [0.2, 0.25) is 0 Å². The lowest BCUT2D eigenvalue weighted by atomic mass is 9.94. The molecule has 4 N–H and O–H groups in total. The largest absolute Gasteiger partial charge is 0.497 e. The Labute approximate surface area is 283 Å². The number of ether oxygens (including phenoxy) is 3. The topological polar surface area (TPSA) is 203 Å². The number of hydrogen-bond acceptors (Lipinski definition) is 10. The van der Waals surface area contributed by atoms with E-state index in [1.807, 2.05) is 13.0 Å². The summed E-state index contributed by atoms with van der Waals surface area (Å²) in [5, 5.41) is 15.6. The van der Waals surface area contributed by atoms with Crippen molar-refractivity contribution < 1.29 is 46.9 Å². The van der Waals surface area contributed by atoms with Crippen molar-refractivity contribution in [3.8, 4) is 11.6 Å². The van der Waals surface area contributed by atoms with Crippen LogP contribution in [-0.2, 0) is 29.1 Å². The number of nitrogens with zero attached hydrogens (tertiary/aromatic N) is 2. The van der Waals surface area contributed by atoms with Crippen molar-refractivity contribution in [2.45, 2.75) is 81.0 Å². The summed E-state index contributed by atoms with van der Waals surface area (Å²) in [5.74, 6) is -2.31. The van der Waals surface area contributed by atoms with Crippen LogP contribution in [0.25, 0.3) is 10.8 Å². The Balaban J connectivity index is 1.33. The van der Waals surface area contributed by atoms with Crippen LogP contribution in [0.3, 0.4) is 0 Å². The molecular formula is C33H41N5O10S. The first-order valence-electron chi connectivity index (χ1n) is 16.4. The predicted molar refractivity (Wildman–Crippen MR) is 175 cm³/mol. The average molecular weight is 700 g/mol. The van der Waals surface area contributed by atoms with Gasteiger partial charge in [0.05, 0.1) is 31.6 Å². The molecule has 0 bridgehead atoms. The number of nitrogens with one attached hydrogen (secondary N) is 3. The third-order valence-corrected chi connectivity index (χ3v) is 11.5. The van der Waals surface area contributed by atoms with Crippen molar-refractivity contribution >= 4 is 44.6 Å². The fourth-order valence-corrected chi connectivity index (χ4v) is 8.14. The third kappa shape index (κ3) is 7.29. The molecule has 16 heteroatoms. The Bertz CT molecular complexity index is 1780. The molecular weight excluding hydrogens is 658 g/mol. The van der Waals surface area contributed by atoms with Crippen LogP contribution in [0.1, 0.15) is 46.0 Å². The predicted octanol–water partition coefficient (Wildman–Crippen LogP) is 1.71. The zero-order valence-corrected chi connectivity index (χ0v) is 28.3. The maximum Gasteiger partial charge on any atom is 0.405 e. The minimum absolute atomic E-state index is 0.00193. The number of fused-ring (bicyclic) bond motifs is 3. The molecule has 1 aromatic heterocycles. The van der Waals surface area contributed by atoms with Crippen molar-refractivity contribution in [2.24, 2.45) is 11.8 Å². The van der Waals surface area contributed by atoms with E-state index in [0.29, 0.717) is 30.4 Å². The first kappa shape index (κ1) is 34.4. The van der Waals surface area contributed by atoms with Crippen molar-refractivity contribution in [1.29, 1.82) is 0 Å². The van der Waals surface area contributed by atoms with E-state index in [4.69, 9.17) is 14.2 Å². The number of carbonyl (C=O) groups is 4. The first-order chi connectivity index (χ1) is 23.3. The van der Waals surface area contributed by atoms with Crippen LogP contribution < -0.4 is 24.8 Å². The summed E-state index contributed by atoms with van der Waals surface area (Å²) in [5.41, 5.74) is -1.57. The first-order valence-corrected chi connectivity index (χ1v) is 17.9. The van der Waals surface area contributed by atoms with Crippen LogP contribution in [0.5, 0.6) is 11.6 Å². The van der Waals surface area contributed by atoms with E-state index in [2.05, 4.69) is 20.3 Å². The molecule has 4 aliphatic rings. The highest BCUT2D eigenvalue weighted by atomic mass is 32.2. The van der Waals surface area contributed by atoms with Crippen LogP contribution >= 0.6 is 0 Å². The molecule has 2 aromatic rings. The number of benzene rings is 1. The minimum Gasteiger partial charge on any atom is -0.497 e. The normalized spacial score (nSPS) is 31.3. The molecule has 2 aliphatic heterocycles. The summed E-state index contributed by atoms with van der Waals surface area (Å²) in [4.78, 5) is 59.6. The van der Waals surface area contributed by atoms with Gasteiger partial charge in [-0.25, -0.2) is 18.2 Å². The number of pyridine rings is 1. The van der Waals surface area contributed by atoms with E-state index in [9.17, 15) is 32.7 Å². The quantitative estimate of drug-likeness (QED) is 0.307. The van der Waals surface area contributed by atoms with E-state index in [0.717, 1.165) is 5.39 Å². The standard InChI is InChI=1S/C33H41N5O10S/c1-18-13-19(2)47-12-4-5-21-16-33(21,31(41)37-49(44,45)24-7-8-24)36-28(39)26-15-23(17-38(26)30(40)27(18)35-32(42)43)48-29-25-9-6-22(46-3)14-20(25)10-11-34-29/h4-6,9-11,14,18-19,21,23-24,26-27,35H,7-8,12-13,15-17H2,1-3H3,(H,36,39)(H,37,41)(H,42,43)/b5-4-/t18-,19+,21-,23-,26+,27+,33?/m1/s1. The van der Waals surface area contributed by atoms with Gasteiger partial charge in [-0.3, -0.25) is 19.1 Å². The summed E-state index contributed by atoms with van der Waals surface area (Å²) < 4.78 is 45.2. The zero-order chi connectivity index (χ0) is 35.1. The Morgan fingerprint density at radius 1 is 1.16 bits per heavy atom. The van der Waals surface area contributed by atoms with Gasteiger partial charge in [-0.1, -0.05) is 19.1 Å². The van der Waals surface area contributed by atoms with Crippen molar-refractivity contribution in [3.05, 3.63) is 42.6 Å². The molecule has 2 saturated carbocycles. The summed E-state index contributed by atoms with van der Waals surface area (Å²) in [6, 6.07) is 4.77. The lowest BCUT2D eigenvalue weighted by Crippen LogP contribution is -2.59. The Morgan fingerprint density at radius 3 is 2.65 bits per heavy atom. The van der Waals surface area contributed by atoms with E-state index in [1.165, 1.54) is 4.90 Å². The second-order valence-corrected chi connectivity index (χ2v) is 15.3. The van der Waals surface area contributed by atoms with Crippen LogP contribution in [0.15, 0.2) is 42.6 Å². The molecule has 1 unspecified atom stereocenters. The Kier molecular flexibility index (Phi) is 9.46. The van der Waals surface area contributed by atoms with Crippen molar-refractivity contribution in [3.63, 3.8) is 0 Å². The fourth-order valence-electron chi connectivity index (χ4n) is 6.78. The second-order valence-electron chi connectivity index (χ2n) is 13.3. The highest BCUT2D eigenvalue weighted by molar-refractivity contribution is 7.91. The van der Waals surface area contributed by atoms with E-state index >= 15 is 0 Å². The van der Waals surface area contributed by atoms with Crippen molar-refractivity contribution in [1.82, 2.24) is 25.2 Å². The molecule has 264 valence electrons. The van der Waals surface area contributed by atoms with E-state index < -0.39 is 74.7 Å². The molecule has 3 heterocycles. The Hall–Kier alpha value is -4.44. The molecule has 1 saturated heterocycles. The highest BCUT2D eigenvalue weighted by Gasteiger charge is 2.62. The molecule has 3 fully saturated rings.